The molecule has 0 aliphatic carbocycles. The van der Waals surface area contributed by atoms with Gasteiger partial charge < -0.3 is 4.90 Å². The fourth-order valence-electron chi connectivity index (χ4n) is 2.22. The van der Waals surface area contributed by atoms with E-state index < -0.39 is 0 Å². The third kappa shape index (κ3) is 4.41. The molecule has 1 amide bonds. The molecule has 22 heavy (non-hydrogen) atoms. The van der Waals surface area contributed by atoms with Crippen LogP contribution in [0.4, 0.5) is 0 Å². The fraction of sp³-hybridized carbons (Fsp3) is 0.471. The van der Waals surface area contributed by atoms with Crippen molar-refractivity contribution in [1.82, 2.24) is 15.2 Å². The molecule has 0 fully saturated rings. The Morgan fingerprint density at radius 3 is 2.50 bits per heavy atom. The Bertz CT molecular complexity index is 605. The first kappa shape index (κ1) is 16.2. The van der Waals surface area contributed by atoms with Crippen molar-refractivity contribution < 1.29 is 9.42 Å². The van der Waals surface area contributed by atoms with Gasteiger partial charge in [0.25, 0.3) is 0 Å². The van der Waals surface area contributed by atoms with Gasteiger partial charge in [0.1, 0.15) is 11.4 Å². The molecule has 1 heterocycles. The van der Waals surface area contributed by atoms with Crippen molar-refractivity contribution in [3.63, 3.8) is 0 Å². The van der Waals surface area contributed by atoms with E-state index in [0.29, 0.717) is 17.9 Å². The lowest BCUT2D eigenvalue weighted by Crippen LogP contribution is -2.33. The lowest BCUT2D eigenvalue weighted by Gasteiger charge is -2.22. The van der Waals surface area contributed by atoms with Gasteiger partial charge in [-0.1, -0.05) is 53.5 Å². The summed E-state index contributed by atoms with van der Waals surface area (Å²) < 4.78 is 4.67. The zero-order valence-corrected chi connectivity index (χ0v) is 13.5. The maximum atomic E-state index is 12.6. The van der Waals surface area contributed by atoms with Crippen LogP contribution in [0, 0.1) is 13.8 Å². The first-order valence-corrected chi connectivity index (χ1v) is 7.71. The molecule has 0 unspecified atom stereocenters. The molecule has 5 heteroatoms. The van der Waals surface area contributed by atoms with Crippen molar-refractivity contribution in [2.75, 3.05) is 6.54 Å². The molecule has 0 aliphatic heterocycles. The maximum Gasteiger partial charge on any atom is 0.229 e. The third-order valence-corrected chi connectivity index (χ3v) is 3.69. The second-order valence-electron chi connectivity index (χ2n) is 5.63. The Labute approximate surface area is 131 Å². The first-order chi connectivity index (χ1) is 10.6. The number of aryl methyl sites for hydroxylation is 2. The van der Waals surface area contributed by atoms with Gasteiger partial charge in [-0.3, -0.25) is 4.79 Å². The summed E-state index contributed by atoms with van der Waals surface area (Å²) in [5.74, 6) is 0.0628. The van der Waals surface area contributed by atoms with Crippen LogP contribution in [-0.2, 0) is 17.8 Å². The molecule has 1 aromatic carbocycles. The molecule has 118 valence electrons. The molecule has 2 rings (SSSR count). The summed E-state index contributed by atoms with van der Waals surface area (Å²) in [6.07, 6.45) is 2.29. The van der Waals surface area contributed by atoms with Crippen molar-refractivity contribution in [3.05, 3.63) is 46.8 Å². The van der Waals surface area contributed by atoms with E-state index in [0.717, 1.165) is 24.9 Å². The minimum atomic E-state index is 0.0628. The molecule has 5 nitrogen and oxygen atoms in total. The number of aromatic nitrogens is 2. The predicted molar refractivity (Wildman–Crippen MR) is 84.2 cm³/mol. The van der Waals surface area contributed by atoms with Crippen LogP contribution >= 0.6 is 0 Å². The maximum absolute atomic E-state index is 12.6. The summed E-state index contributed by atoms with van der Waals surface area (Å²) in [4.78, 5) is 14.4. The molecule has 0 saturated heterocycles. The van der Waals surface area contributed by atoms with E-state index in [4.69, 9.17) is 0 Å². The van der Waals surface area contributed by atoms with Crippen molar-refractivity contribution in [1.29, 1.82) is 0 Å². The van der Waals surface area contributed by atoms with Crippen molar-refractivity contribution in [2.45, 2.75) is 46.6 Å². The molecular weight excluding hydrogens is 278 g/mol. The van der Waals surface area contributed by atoms with Crippen LogP contribution in [0.15, 0.2) is 28.9 Å². The molecule has 0 atom stereocenters. The van der Waals surface area contributed by atoms with Gasteiger partial charge >= 0.3 is 0 Å². The van der Waals surface area contributed by atoms with Crippen molar-refractivity contribution in [2.24, 2.45) is 0 Å². The fourth-order valence-corrected chi connectivity index (χ4v) is 2.22. The Morgan fingerprint density at radius 1 is 1.18 bits per heavy atom. The Kier molecular flexibility index (Phi) is 5.69. The van der Waals surface area contributed by atoms with Crippen molar-refractivity contribution >= 4 is 5.91 Å². The average molecular weight is 301 g/mol. The second kappa shape index (κ2) is 7.73. The van der Waals surface area contributed by atoms with Gasteiger partial charge in [-0.2, -0.15) is 0 Å². The highest BCUT2D eigenvalue weighted by Crippen LogP contribution is 2.11. The highest BCUT2D eigenvalue weighted by Gasteiger charge is 2.17. The summed E-state index contributed by atoms with van der Waals surface area (Å²) >= 11 is 0. The standard InChI is InChI=1S/C17H23N3O2/c1-4-5-10-20(12-15-8-6-13(2)7-9-15)17(21)11-16-14(3)18-22-19-16/h6-9H,4-5,10-12H2,1-3H3. The van der Waals surface area contributed by atoms with Crippen LogP contribution in [0.3, 0.4) is 0 Å². The molecule has 0 bridgehead atoms. The van der Waals surface area contributed by atoms with E-state index in [1.54, 1.807) is 6.92 Å². The first-order valence-electron chi connectivity index (χ1n) is 7.71. The quantitative estimate of drug-likeness (QED) is 0.788. The number of hydrogen-bond donors (Lipinski definition) is 0. The Morgan fingerprint density at radius 2 is 1.91 bits per heavy atom. The van der Waals surface area contributed by atoms with Gasteiger partial charge in [0.05, 0.1) is 6.42 Å². The minimum Gasteiger partial charge on any atom is -0.338 e. The molecule has 0 spiro atoms. The van der Waals surface area contributed by atoms with E-state index in [1.165, 1.54) is 5.56 Å². The molecule has 1 aromatic heterocycles. The molecule has 0 N–H and O–H groups in total. The van der Waals surface area contributed by atoms with E-state index in [2.05, 4.69) is 53.1 Å². The SMILES string of the molecule is CCCCN(Cc1ccc(C)cc1)C(=O)Cc1nonc1C. The number of carbonyl (C=O) groups is 1. The minimum absolute atomic E-state index is 0.0628. The summed E-state index contributed by atoms with van der Waals surface area (Å²) in [6.45, 7) is 7.37. The van der Waals surface area contributed by atoms with Crippen LogP contribution < -0.4 is 0 Å². The van der Waals surface area contributed by atoms with Gasteiger partial charge in [0.2, 0.25) is 5.91 Å². The topological polar surface area (TPSA) is 59.2 Å². The number of amides is 1. The van der Waals surface area contributed by atoms with Crippen LogP contribution in [0.25, 0.3) is 0 Å². The van der Waals surface area contributed by atoms with E-state index in [1.807, 2.05) is 4.90 Å². The normalized spacial score (nSPS) is 10.7. The number of unbranched alkanes of at least 4 members (excludes halogenated alkanes) is 1. The summed E-state index contributed by atoms with van der Waals surface area (Å²) in [5, 5.41) is 7.53. The van der Waals surface area contributed by atoms with Crippen LogP contribution in [0.5, 0.6) is 0 Å². The lowest BCUT2D eigenvalue weighted by molar-refractivity contribution is -0.131. The second-order valence-corrected chi connectivity index (χ2v) is 5.63. The average Bonchev–Trinajstić information content (AvgIpc) is 2.90. The Balaban J connectivity index is 2.05. The van der Waals surface area contributed by atoms with Crippen LogP contribution in [-0.4, -0.2) is 27.7 Å². The Hall–Kier alpha value is -2.17. The van der Waals surface area contributed by atoms with E-state index >= 15 is 0 Å². The highest BCUT2D eigenvalue weighted by atomic mass is 16.6. The molecule has 2 aromatic rings. The predicted octanol–water partition coefficient (Wildman–Crippen LogP) is 3.06. The smallest absolute Gasteiger partial charge is 0.229 e. The van der Waals surface area contributed by atoms with E-state index in [9.17, 15) is 4.79 Å². The van der Waals surface area contributed by atoms with Crippen LogP contribution in [0.2, 0.25) is 0 Å². The van der Waals surface area contributed by atoms with Gasteiger partial charge in [-0.25, -0.2) is 4.63 Å². The highest BCUT2D eigenvalue weighted by molar-refractivity contribution is 5.78. The molecule has 0 saturated carbocycles. The van der Waals surface area contributed by atoms with Gasteiger partial charge in [0, 0.05) is 13.1 Å². The number of carbonyl (C=O) groups excluding carboxylic acids is 1. The van der Waals surface area contributed by atoms with Gasteiger partial charge in [-0.15, -0.1) is 0 Å². The van der Waals surface area contributed by atoms with Crippen LogP contribution in [0.1, 0.15) is 42.3 Å². The van der Waals surface area contributed by atoms with Crippen molar-refractivity contribution in [3.8, 4) is 0 Å². The van der Waals surface area contributed by atoms with Gasteiger partial charge in [-0.05, 0) is 25.8 Å². The summed E-state index contributed by atoms with van der Waals surface area (Å²) in [7, 11) is 0. The number of hydrogen-bond acceptors (Lipinski definition) is 4. The zero-order valence-electron chi connectivity index (χ0n) is 13.5. The number of benzene rings is 1. The monoisotopic (exact) mass is 301 g/mol. The molecule has 0 radical (unpaired) electrons. The summed E-state index contributed by atoms with van der Waals surface area (Å²) in [5.41, 5.74) is 3.67. The molecular formula is C17H23N3O2. The number of nitrogens with zero attached hydrogens (tertiary/aromatic N) is 3. The summed E-state index contributed by atoms with van der Waals surface area (Å²) in [6, 6.07) is 8.29. The van der Waals surface area contributed by atoms with Gasteiger partial charge in [0.15, 0.2) is 0 Å². The zero-order chi connectivity index (χ0) is 15.9. The molecule has 0 aliphatic rings. The van der Waals surface area contributed by atoms with E-state index in [-0.39, 0.29) is 12.3 Å². The third-order valence-electron chi connectivity index (χ3n) is 3.69. The number of rotatable bonds is 7. The lowest BCUT2D eigenvalue weighted by atomic mass is 10.1. The largest absolute Gasteiger partial charge is 0.338 e.